The van der Waals surface area contributed by atoms with Crippen molar-refractivity contribution >= 4 is 0 Å². The van der Waals surface area contributed by atoms with Gasteiger partial charge in [0.15, 0.2) is 0 Å². The number of allylic oxidation sites excluding steroid dienone is 1. The molecule has 0 atom stereocenters. The number of halogens is 2. The molecule has 1 aromatic carbocycles. The first-order valence-electron chi connectivity index (χ1n) is 3.65. The van der Waals surface area contributed by atoms with Crippen molar-refractivity contribution in [1.29, 1.82) is 0 Å². The number of hydrogen-bond acceptors (Lipinski definition) is 0. The molecule has 0 saturated heterocycles. The Hall–Kier alpha value is -1.18. The number of aryl methyl sites for hydroxylation is 1. The molecule has 0 nitrogen and oxygen atoms in total. The molecule has 1 rings (SSSR count). The lowest BCUT2D eigenvalue weighted by atomic mass is 10.1. The van der Waals surface area contributed by atoms with Crippen LogP contribution in [-0.2, 0) is 5.92 Å². The van der Waals surface area contributed by atoms with Crippen LogP contribution in [0.15, 0.2) is 36.9 Å². The molecule has 0 fully saturated rings. The maximum absolute atomic E-state index is 12.9. The van der Waals surface area contributed by atoms with Crippen LogP contribution in [0, 0.1) is 6.92 Å². The Kier molecular flexibility index (Phi) is 2.27. The highest BCUT2D eigenvalue weighted by Crippen LogP contribution is 2.28. The number of alkyl halides is 2. The summed E-state index contributed by atoms with van der Waals surface area (Å²) in [7, 11) is 0. The fourth-order valence-corrected chi connectivity index (χ4v) is 0.970. The van der Waals surface area contributed by atoms with Crippen molar-refractivity contribution < 1.29 is 8.78 Å². The topological polar surface area (TPSA) is 0 Å². The average Bonchev–Trinajstić information content (AvgIpc) is 2.05. The highest BCUT2D eigenvalue weighted by molar-refractivity contribution is 5.28. The van der Waals surface area contributed by atoms with Crippen LogP contribution in [0.1, 0.15) is 11.1 Å². The third kappa shape index (κ3) is 1.70. The van der Waals surface area contributed by atoms with Gasteiger partial charge in [0, 0.05) is 5.56 Å². The van der Waals surface area contributed by atoms with Gasteiger partial charge in [0.05, 0.1) is 0 Å². The second-order valence-electron chi connectivity index (χ2n) is 2.70. The smallest absolute Gasteiger partial charge is 0.197 e. The predicted molar refractivity (Wildman–Crippen MR) is 45.3 cm³/mol. The van der Waals surface area contributed by atoms with Gasteiger partial charge in [0.2, 0.25) is 0 Å². The normalized spacial score (nSPS) is 11.2. The quantitative estimate of drug-likeness (QED) is 0.594. The van der Waals surface area contributed by atoms with Crippen molar-refractivity contribution in [3.05, 3.63) is 48.0 Å². The zero-order valence-corrected chi connectivity index (χ0v) is 6.85. The lowest BCUT2D eigenvalue weighted by Gasteiger charge is -2.11. The minimum Gasteiger partial charge on any atom is -0.197 e. The van der Waals surface area contributed by atoms with E-state index in [0.29, 0.717) is 6.08 Å². The van der Waals surface area contributed by atoms with Crippen LogP contribution >= 0.6 is 0 Å². The summed E-state index contributed by atoms with van der Waals surface area (Å²) < 4.78 is 25.9. The van der Waals surface area contributed by atoms with Crippen LogP contribution in [0.25, 0.3) is 0 Å². The molecule has 64 valence electrons. The summed E-state index contributed by atoms with van der Waals surface area (Å²) in [4.78, 5) is 0. The van der Waals surface area contributed by atoms with Crippen molar-refractivity contribution in [3.8, 4) is 0 Å². The molecule has 0 spiro atoms. The molecule has 0 saturated carbocycles. The summed E-state index contributed by atoms with van der Waals surface area (Å²) in [5, 5.41) is 0. The molecule has 0 aliphatic heterocycles. The SMILES string of the molecule is C=CC(F)(F)c1cccc(C)c1. The molecule has 12 heavy (non-hydrogen) atoms. The first-order chi connectivity index (χ1) is 5.56. The Labute approximate surface area is 70.5 Å². The molecule has 0 bridgehead atoms. The van der Waals surface area contributed by atoms with E-state index in [4.69, 9.17) is 0 Å². The lowest BCUT2D eigenvalue weighted by molar-refractivity contribution is 0.0525. The number of rotatable bonds is 2. The Morgan fingerprint density at radius 1 is 1.42 bits per heavy atom. The van der Waals surface area contributed by atoms with Gasteiger partial charge in [-0.15, -0.1) is 0 Å². The predicted octanol–water partition coefficient (Wildman–Crippen LogP) is 3.27. The Balaban J connectivity index is 3.11. The second kappa shape index (κ2) is 3.05. The molecule has 0 aromatic heterocycles. The van der Waals surface area contributed by atoms with E-state index in [1.807, 2.05) is 0 Å². The zero-order chi connectivity index (χ0) is 9.19. The van der Waals surface area contributed by atoms with Gasteiger partial charge < -0.3 is 0 Å². The molecule has 0 N–H and O–H groups in total. The second-order valence-corrected chi connectivity index (χ2v) is 2.70. The molecule has 0 unspecified atom stereocenters. The van der Waals surface area contributed by atoms with Crippen molar-refractivity contribution in [2.45, 2.75) is 12.8 Å². The van der Waals surface area contributed by atoms with E-state index in [0.717, 1.165) is 5.56 Å². The van der Waals surface area contributed by atoms with Crippen molar-refractivity contribution in [2.75, 3.05) is 0 Å². The molecular formula is C10H10F2. The van der Waals surface area contributed by atoms with Gasteiger partial charge in [-0.25, -0.2) is 0 Å². The minimum atomic E-state index is -2.91. The molecule has 0 aliphatic carbocycles. The monoisotopic (exact) mass is 168 g/mol. The Morgan fingerprint density at radius 2 is 2.08 bits per heavy atom. The van der Waals surface area contributed by atoms with Crippen LogP contribution in [-0.4, -0.2) is 0 Å². The third-order valence-corrected chi connectivity index (χ3v) is 1.66. The van der Waals surface area contributed by atoms with Gasteiger partial charge in [0.1, 0.15) is 0 Å². The first-order valence-corrected chi connectivity index (χ1v) is 3.65. The van der Waals surface area contributed by atoms with E-state index in [1.165, 1.54) is 12.1 Å². The van der Waals surface area contributed by atoms with Crippen molar-refractivity contribution in [2.24, 2.45) is 0 Å². The Morgan fingerprint density at radius 3 is 2.58 bits per heavy atom. The third-order valence-electron chi connectivity index (χ3n) is 1.66. The highest BCUT2D eigenvalue weighted by atomic mass is 19.3. The highest BCUT2D eigenvalue weighted by Gasteiger charge is 2.26. The molecule has 0 amide bonds. The first kappa shape index (κ1) is 8.91. The maximum atomic E-state index is 12.9. The molecule has 0 aliphatic rings. The van der Waals surface area contributed by atoms with Gasteiger partial charge in [-0.1, -0.05) is 30.3 Å². The van der Waals surface area contributed by atoms with Gasteiger partial charge in [-0.05, 0) is 19.1 Å². The Bertz CT molecular complexity index is 290. The van der Waals surface area contributed by atoms with Gasteiger partial charge in [0.25, 0.3) is 5.92 Å². The largest absolute Gasteiger partial charge is 0.291 e. The summed E-state index contributed by atoms with van der Waals surface area (Å²) in [6.07, 6.45) is 0.655. The summed E-state index contributed by atoms with van der Waals surface area (Å²) in [5.41, 5.74) is 0.825. The summed E-state index contributed by atoms with van der Waals surface area (Å²) in [6.45, 7) is 4.87. The van der Waals surface area contributed by atoms with E-state index in [9.17, 15) is 8.78 Å². The van der Waals surface area contributed by atoms with E-state index >= 15 is 0 Å². The molecule has 1 aromatic rings. The van der Waals surface area contributed by atoms with Gasteiger partial charge >= 0.3 is 0 Å². The fraction of sp³-hybridized carbons (Fsp3) is 0.200. The van der Waals surface area contributed by atoms with Crippen LogP contribution in [0.3, 0.4) is 0 Å². The van der Waals surface area contributed by atoms with E-state index in [-0.39, 0.29) is 5.56 Å². The van der Waals surface area contributed by atoms with Crippen LogP contribution < -0.4 is 0 Å². The van der Waals surface area contributed by atoms with Crippen molar-refractivity contribution in [1.82, 2.24) is 0 Å². The molecular weight excluding hydrogens is 158 g/mol. The maximum Gasteiger partial charge on any atom is 0.291 e. The van der Waals surface area contributed by atoms with Crippen LogP contribution in [0.5, 0.6) is 0 Å². The van der Waals surface area contributed by atoms with Gasteiger partial charge in [-0.2, -0.15) is 8.78 Å². The molecule has 0 heterocycles. The lowest BCUT2D eigenvalue weighted by Crippen LogP contribution is -2.08. The van der Waals surface area contributed by atoms with Gasteiger partial charge in [-0.3, -0.25) is 0 Å². The van der Waals surface area contributed by atoms with E-state index in [1.54, 1.807) is 19.1 Å². The number of hydrogen-bond donors (Lipinski definition) is 0. The van der Waals surface area contributed by atoms with E-state index in [2.05, 4.69) is 6.58 Å². The number of benzene rings is 1. The average molecular weight is 168 g/mol. The standard InChI is InChI=1S/C10H10F2/c1-3-10(11,12)9-6-4-5-8(2)7-9/h3-7H,1H2,2H3. The van der Waals surface area contributed by atoms with Crippen molar-refractivity contribution in [3.63, 3.8) is 0 Å². The summed E-state index contributed by atoms with van der Waals surface area (Å²) in [6, 6.07) is 6.25. The van der Waals surface area contributed by atoms with Crippen LogP contribution in [0.4, 0.5) is 8.78 Å². The molecule has 2 heteroatoms. The zero-order valence-electron chi connectivity index (χ0n) is 6.85. The minimum absolute atomic E-state index is 0.00231. The molecule has 0 radical (unpaired) electrons. The summed E-state index contributed by atoms with van der Waals surface area (Å²) >= 11 is 0. The van der Waals surface area contributed by atoms with Crippen LogP contribution in [0.2, 0.25) is 0 Å². The fourth-order valence-electron chi connectivity index (χ4n) is 0.970. The van der Waals surface area contributed by atoms with E-state index < -0.39 is 5.92 Å². The summed E-state index contributed by atoms with van der Waals surface area (Å²) in [5.74, 6) is -2.91.